The first-order valence-electron chi connectivity index (χ1n) is 9.43. The van der Waals surface area contributed by atoms with Gasteiger partial charge in [-0.2, -0.15) is 0 Å². The van der Waals surface area contributed by atoms with Crippen molar-refractivity contribution >= 4 is 62.1 Å². The van der Waals surface area contributed by atoms with Gasteiger partial charge in [-0.1, -0.05) is 40.9 Å². The molecule has 3 aromatic carbocycles. The molecule has 0 atom stereocenters. The summed E-state index contributed by atoms with van der Waals surface area (Å²) >= 11 is 18.0. The van der Waals surface area contributed by atoms with Crippen molar-refractivity contribution in [2.45, 2.75) is 17.7 Å². The van der Waals surface area contributed by atoms with Crippen LogP contribution in [0.15, 0.2) is 65.6 Å². The molecule has 31 heavy (non-hydrogen) atoms. The minimum absolute atomic E-state index is 0.0862. The zero-order valence-electron chi connectivity index (χ0n) is 16.1. The summed E-state index contributed by atoms with van der Waals surface area (Å²) in [6.45, 7) is 0.553. The molecule has 0 aromatic heterocycles. The number of fused-ring (bicyclic) bond motifs is 1. The number of aryl methyl sites for hydroxylation is 1. The SMILES string of the molecule is O=C(c1ccc(Cl)cc1)N1CCCc2cc(S(=O)(=O)Nc3cccc(Cl)c3Cl)ccc21. The maximum absolute atomic E-state index is 13.0. The van der Waals surface area contributed by atoms with E-state index in [0.717, 1.165) is 12.0 Å². The van der Waals surface area contributed by atoms with Crippen LogP contribution in [0.2, 0.25) is 15.1 Å². The molecule has 1 N–H and O–H groups in total. The third kappa shape index (κ3) is 4.53. The number of carbonyl (C=O) groups is 1. The Morgan fingerprint density at radius 1 is 0.968 bits per heavy atom. The molecule has 3 aromatic rings. The van der Waals surface area contributed by atoms with Crippen LogP contribution in [0.25, 0.3) is 0 Å². The van der Waals surface area contributed by atoms with Crippen LogP contribution < -0.4 is 9.62 Å². The Morgan fingerprint density at radius 2 is 1.71 bits per heavy atom. The molecule has 1 aliphatic rings. The van der Waals surface area contributed by atoms with Crippen LogP contribution in [0.5, 0.6) is 0 Å². The number of amides is 1. The van der Waals surface area contributed by atoms with Gasteiger partial charge < -0.3 is 4.90 Å². The largest absolute Gasteiger partial charge is 0.308 e. The van der Waals surface area contributed by atoms with Crippen LogP contribution in [0.4, 0.5) is 11.4 Å². The lowest BCUT2D eigenvalue weighted by atomic mass is 10.0. The van der Waals surface area contributed by atoms with Crippen LogP contribution in [0.1, 0.15) is 22.3 Å². The number of hydrogen-bond donors (Lipinski definition) is 1. The number of rotatable bonds is 4. The third-order valence-electron chi connectivity index (χ3n) is 5.01. The quantitative estimate of drug-likeness (QED) is 0.480. The van der Waals surface area contributed by atoms with Crippen LogP contribution in [-0.4, -0.2) is 20.9 Å². The first kappa shape index (κ1) is 22.0. The molecular formula is C22H17Cl3N2O3S. The van der Waals surface area contributed by atoms with Gasteiger partial charge in [0.25, 0.3) is 15.9 Å². The average molecular weight is 496 g/mol. The van der Waals surface area contributed by atoms with Gasteiger partial charge in [-0.25, -0.2) is 8.42 Å². The number of hydrogen-bond acceptors (Lipinski definition) is 3. The molecule has 0 radical (unpaired) electrons. The lowest BCUT2D eigenvalue weighted by Gasteiger charge is -2.30. The Labute approximate surface area is 195 Å². The molecule has 0 fully saturated rings. The summed E-state index contributed by atoms with van der Waals surface area (Å²) in [6.07, 6.45) is 1.39. The lowest BCUT2D eigenvalue weighted by Crippen LogP contribution is -2.35. The molecule has 0 spiro atoms. The smallest absolute Gasteiger partial charge is 0.261 e. The van der Waals surface area contributed by atoms with E-state index in [0.29, 0.717) is 29.2 Å². The van der Waals surface area contributed by atoms with E-state index in [4.69, 9.17) is 34.8 Å². The molecule has 1 amide bonds. The fraction of sp³-hybridized carbons (Fsp3) is 0.136. The number of nitrogens with one attached hydrogen (secondary N) is 1. The molecule has 0 aliphatic carbocycles. The molecule has 1 aliphatic heterocycles. The summed E-state index contributed by atoms with van der Waals surface area (Å²) in [4.78, 5) is 14.7. The van der Waals surface area contributed by atoms with Crippen LogP contribution in [0.3, 0.4) is 0 Å². The van der Waals surface area contributed by atoms with E-state index in [9.17, 15) is 13.2 Å². The third-order valence-corrected chi connectivity index (χ3v) is 7.45. The maximum Gasteiger partial charge on any atom is 0.261 e. The Kier molecular flexibility index (Phi) is 6.17. The van der Waals surface area contributed by atoms with E-state index in [2.05, 4.69) is 4.72 Å². The summed E-state index contributed by atoms with van der Waals surface area (Å²) in [7, 11) is -3.89. The second kappa shape index (κ2) is 8.71. The van der Waals surface area contributed by atoms with E-state index in [1.807, 2.05) is 0 Å². The highest BCUT2D eigenvalue weighted by Crippen LogP contribution is 2.34. The van der Waals surface area contributed by atoms with E-state index in [-0.39, 0.29) is 26.5 Å². The van der Waals surface area contributed by atoms with Crippen molar-refractivity contribution in [3.05, 3.63) is 86.9 Å². The van der Waals surface area contributed by atoms with Gasteiger partial charge >= 0.3 is 0 Å². The Bertz CT molecular complexity index is 1260. The van der Waals surface area contributed by atoms with Crippen molar-refractivity contribution in [3.8, 4) is 0 Å². The minimum Gasteiger partial charge on any atom is -0.308 e. The van der Waals surface area contributed by atoms with Crippen LogP contribution in [-0.2, 0) is 16.4 Å². The highest BCUT2D eigenvalue weighted by atomic mass is 35.5. The summed E-state index contributed by atoms with van der Waals surface area (Å²) < 4.78 is 28.3. The van der Waals surface area contributed by atoms with Gasteiger partial charge in [0.1, 0.15) is 0 Å². The standard InChI is InChI=1S/C22H17Cl3N2O3S/c23-16-8-6-14(7-9-16)22(28)27-12-2-3-15-13-17(10-11-20(15)27)31(29,30)26-19-5-1-4-18(24)21(19)25/h1,4-11,13,26H,2-3,12H2. The van der Waals surface area contributed by atoms with Crippen molar-refractivity contribution in [1.29, 1.82) is 0 Å². The van der Waals surface area contributed by atoms with Crippen molar-refractivity contribution in [3.63, 3.8) is 0 Å². The average Bonchev–Trinajstić information content (AvgIpc) is 2.76. The summed E-state index contributed by atoms with van der Waals surface area (Å²) in [5.41, 5.74) is 2.21. The van der Waals surface area contributed by atoms with Crippen LogP contribution in [0, 0.1) is 0 Å². The fourth-order valence-corrected chi connectivity index (χ4v) is 5.14. The normalized spacial score (nSPS) is 13.6. The summed E-state index contributed by atoms with van der Waals surface area (Å²) in [5, 5.41) is 0.937. The highest BCUT2D eigenvalue weighted by molar-refractivity contribution is 7.92. The van der Waals surface area contributed by atoms with Crippen molar-refractivity contribution < 1.29 is 13.2 Å². The number of sulfonamides is 1. The monoisotopic (exact) mass is 494 g/mol. The van der Waals surface area contributed by atoms with Gasteiger partial charge in [-0.3, -0.25) is 9.52 Å². The van der Waals surface area contributed by atoms with E-state index < -0.39 is 10.0 Å². The first-order valence-corrected chi connectivity index (χ1v) is 12.1. The number of carbonyl (C=O) groups excluding carboxylic acids is 1. The zero-order chi connectivity index (χ0) is 22.2. The van der Waals surface area contributed by atoms with Crippen molar-refractivity contribution in [2.75, 3.05) is 16.2 Å². The van der Waals surface area contributed by atoms with Gasteiger partial charge in [-0.15, -0.1) is 0 Å². The number of anilines is 2. The molecule has 5 nitrogen and oxygen atoms in total. The van der Waals surface area contributed by atoms with E-state index >= 15 is 0 Å². The van der Waals surface area contributed by atoms with Gasteiger partial charge in [0.2, 0.25) is 0 Å². The number of halogens is 3. The predicted molar refractivity (Wildman–Crippen MR) is 125 cm³/mol. The predicted octanol–water partition coefficient (Wildman–Crippen LogP) is 6.04. The zero-order valence-corrected chi connectivity index (χ0v) is 19.2. The molecule has 0 bridgehead atoms. The Hall–Kier alpha value is -2.25. The number of nitrogens with zero attached hydrogens (tertiary/aromatic N) is 1. The van der Waals surface area contributed by atoms with Gasteiger partial charge in [0.15, 0.2) is 0 Å². The lowest BCUT2D eigenvalue weighted by molar-refractivity contribution is 0.0985. The maximum atomic E-state index is 13.0. The van der Waals surface area contributed by atoms with Crippen LogP contribution >= 0.6 is 34.8 Å². The molecule has 0 unspecified atom stereocenters. The second-order valence-corrected chi connectivity index (χ2v) is 9.97. The molecular weight excluding hydrogens is 479 g/mol. The fourth-order valence-electron chi connectivity index (χ4n) is 3.49. The molecule has 0 saturated carbocycles. The molecule has 9 heteroatoms. The highest BCUT2D eigenvalue weighted by Gasteiger charge is 2.26. The van der Waals surface area contributed by atoms with Gasteiger partial charge in [0.05, 0.1) is 20.6 Å². The minimum atomic E-state index is -3.89. The Balaban J connectivity index is 1.64. The molecule has 1 heterocycles. The topological polar surface area (TPSA) is 66.5 Å². The summed E-state index contributed by atoms with van der Waals surface area (Å²) in [6, 6.07) is 16.2. The van der Waals surface area contributed by atoms with Crippen molar-refractivity contribution in [2.24, 2.45) is 0 Å². The Morgan fingerprint density at radius 3 is 2.45 bits per heavy atom. The molecule has 0 saturated heterocycles. The van der Waals surface area contributed by atoms with E-state index in [1.165, 1.54) is 12.1 Å². The number of benzene rings is 3. The first-order chi connectivity index (χ1) is 14.8. The molecule has 160 valence electrons. The van der Waals surface area contributed by atoms with Crippen molar-refractivity contribution in [1.82, 2.24) is 0 Å². The second-order valence-electron chi connectivity index (χ2n) is 7.06. The van der Waals surface area contributed by atoms with E-state index in [1.54, 1.807) is 53.4 Å². The van der Waals surface area contributed by atoms with Gasteiger partial charge in [-0.05, 0) is 73.0 Å². The summed E-state index contributed by atoms with van der Waals surface area (Å²) in [5.74, 6) is -0.156. The van der Waals surface area contributed by atoms with Gasteiger partial charge in [0, 0.05) is 22.8 Å². The molecule has 4 rings (SSSR count).